The second kappa shape index (κ2) is 7.77. The number of benzene rings is 1. The van der Waals surface area contributed by atoms with Gasteiger partial charge in [0.2, 0.25) is 0 Å². The molecule has 0 spiro atoms. The van der Waals surface area contributed by atoms with Gasteiger partial charge in [0.25, 0.3) is 0 Å². The van der Waals surface area contributed by atoms with E-state index in [-0.39, 0.29) is 5.82 Å². The minimum absolute atomic E-state index is 0.295. The van der Waals surface area contributed by atoms with Crippen LogP contribution in [0.5, 0.6) is 0 Å². The zero-order valence-corrected chi connectivity index (χ0v) is 11.6. The number of para-hydroxylation sites is 1. The fraction of sp³-hybridized carbons (Fsp3) is 0.533. The Labute approximate surface area is 114 Å². The molecule has 0 radical (unpaired) electrons. The van der Waals surface area contributed by atoms with Crippen LogP contribution in [0.3, 0.4) is 0 Å². The van der Waals surface area contributed by atoms with Gasteiger partial charge in [0, 0.05) is 13.1 Å². The molecule has 1 rings (SSSR count). The largest absolute Gasteiger partial charge is 0.481 e. The quantitative estimate of drug-likeness (QED) is 0.732. The zero-order chi connectivity index (χ0) is 14.3. The fourth-order valence-corrected chi connectivity index (χ4v) is 1.98. The molecule has 1 N–H and O–H groups in total. The first-order valence-electron chi connectivity index (χ1n) is 6.78. The lowest BCUT2D eigenvalue weighted by atomic mass is 10.1. The van der Waals surface area contributed by atoms with Crippen molar-refractivity contribution in [3.63, 3.8) is 0 Å². The summed E-state index contributed by atoms with van der Waals surface area (Å²) in [7, 11) is 0. The first kappa shape index (κ1) is 15.5. The summed E-state index contributed by atoms with van der Waals surface area (Å²) >= 11 is 0. The SMILES string of the molecule is CCCCCN(CC(C)C(=O)O)c1ccccc1F. The number of anilines is 1. The van der Waals surface area contributed by atoms with Crippen molar-refractivity contribution in [3.8, 4) is 0 Å². The van der Waals surface area contributed by atoms with Gasteiger partial charge in [-0.05, 0) is 18.6 Å². The lowest BCUT2D eigenvalue weighted by molar-refractivity contribution is -0.140. The molecule has 1 atom stereocenters. The summed E-state index contributed by atoms with van der Waals surface area (Å²) in [5, 5.41) is 9.00. The summed E-state index contributed by atoms with van der Waals surface area (Å²) in [5.74, 6) is -1.66. The monoisotopic (exact) mass is 267 g/mol. The van der Waals surface area contributed by atoms with Gasteiger partial charge in [0.05, 0.1) is 11.6 Å². The minimum Gasteiger partial charge on any atom is -0.481 e. The third-order valence-electron chi connectivity index (χ3n) is 3.14. The number of carbonyl (C=O) groups is 1. The average Bonchev–Trinajstić information content (AvgIpc) is 2.38. The van der Waals surface area contributed by atoms with Crippen LogP contribution in [0.1, 0.15) is 33.1 Å². The molecule has 0 saturated heterocycles. The number of hydrogen-bond acceptors (Lipinski definition) is 2. The van der Waals surface area contributed by atoms with Gasteiger partial charge < -0.3 is 10.0 Å². The molecular formula is C15H22FNO2. The van der Waals surface area contributed by atoms with Crippen molar-refractivity contribution < 1.29 is 14.3 Å². The van der Waals surface area contributed by atoms with Gasteiger partial charge in [0.15, 0.2) is 0 Å². The highest BCUT2D eigenvalue weighted by Gasteiger charge is 2.18. The molecule has 3 nitrogen and oxygen atoms in total. The van der Waals surface area contributed by atoms with Crippen molar-refractivity contribution in [2.45, 2.75) is 33.1 Å². The molecule has 0 aliphatic rings. The van der Waals surface area contributed by atoms with E-state index in [0.717, 1.165) is 19.3 Å². The van der Waals surface area contributed by atoms with Gasteiger partial charge in [-0.3, -0.25) is 4.79 Å². The summed E-state index contributed by atoms with van der Waals surface area (Å²) in [6.07, 6.45) is 3.09. The van der Waals surface area contributed by atoms with Crippen LogP contribution in [-0.2, 0) is 4.79 Å². The molecule has 0 bridgehead atoms. The van der Waals surface area contributed by atoms with Crippen molar-refractivity contribution >= 4 is 11.7 Å². The Balaban J connectivity index is 2.79. The molecule has 1 aromatic carbocycles. The minimum atomic E-state index is -0.850. The lowest BCUT2D eigenvalue weighted by Gasteiger charge is -2.27. The maximum Gasteiger partial charge on any atom is 0.308 e. The number of carboxylic acids is 1. The molecule has 0 aromatic heterocycles. The number of halogens is 1. The molecule has 1 aromatic rings. The van der Waals surface area contributed by atoms with Crippen LogP contribution in [0.15, 0.2) is 24.3 Å². The van der Waals surface area contributed by atoms with Crippen molar-refractivity contribution in [2.75, 3.05) is 18.0 Å². The Bertz CT molecular complexity index is 409. The summed E-state index contributed by atoms with van der Waals surface area (Å²) < 4.78 is 13.8. The van der Waals surface area contributed by atoms with E-state index in [1.165, 1.54) is 6.07 Å². The predicted octanol–water partition coefficient (Wildman–Crippen LogP) is 3.54. The standard InChI is InChI=1S/C15H22FNO2/c1-3-4-7-10-17(11-12(2)15(18)19)14-9-6-5-8-13(14)16/h5-6,8-9,12H,3-4,7,10-11H2,1-2H3,(H,18,19). The topological polar surface area (TPSA) is 40.5 Å². The summed E-state index contributed by atoms with van der Waals surface area (Å²) in [6, 6.07) is 6.53. The normalized spacial score (nSPS) is 12.2. The van der Waals surface area contributed by atoms with Gasteiger partial charge in [-0.15, -0.1) is 0 Å². The Hall–Kier alpha value is -1.58. The lowest BCUT2D eigenvalue weighted by Crippen LogP contribution is -2.33. The summed E-state index contributed by atoms with van der Waals surface area (Å²) in [4.78, 5) is 12.8. The van der Waals surface area contributed by atoms with Gasteiger partial charge in [-0.25, -0.2) is 4.39 Å². The first-order chi connectivity index (χ1) is 9.06. The molecule has 19 heavy (non-hydrogen) atoms. The van der Waals surface area contributed by atoms with Crippen molar-refractivity contribution in [3.05, 3.63) is 30.1 Å². The first-order valence-corrected chi connectivity index (χ1v) is 6.78. The fourth-order valence-electron chi connectivity index (χ4n) is 1.98. The van der Waals surface area contributed by atoms with E-state index in [1.807, 2.05) is 4.90 Å². The second-order valence-corrected chi connectivity index (χ2v) is 4.84. The highest BCUT2D eigenvalue weighted by atomic mass is 19.1. The van der Waals surface area contributed by atoms with Crippen LogP contribution in [-0.4, -0.2) is 24.2 Å². The zero-order valence-electron chi connectivity index (χ0n) is 11.6. The van der Waals surface area contributed by atoms with E-state index >= 15 is 0 Å². The smallest absolute Gasteiger partial charge is 0.308 e. The van der Waals surface area contributed by atoms with E-state index in [2.05, 4.69) is 6.92 Å². The molecule has 106 valence electrons. The summed E-state index contributed by atoms with van der Waals surface area (Å²) in [5.41, 5.74) is 0.492. The van der Waals surface area contributed by atoms with Gasteiger partial charge >= 0.3 is 5.97 Å². The van der Waals surface area contributed by atoms with Crippen LogP contribution in [0.2, 0.25) is 0 Å². The molecular weight excluding hydrogens is 245 g/mol. The third kappa shape index (κ3) is 4.89. The maximum absolute atomic E-state index is 13.8. The molecule has 0 saturated carbocycles. The Kier molecular flexibility index (Phi) is 6.33. The maximum atomic E-state index is 13.8. The van der Waals surface area contributed by atoms with Crippen molar-refractivity contribution in [1.29, 1.82) is 0 Å². The Morgan fingerprint density at radius 2 is 2.05 bits per heavy atom. The molecule has 1 unspecified atom stereocenters. The van der Waals surface area contributed by atoms with Gasteiger partial charge in [-0.1, -0.05) is 38.8 Å². The number of carboxylic acid groups (broad SMARTS) is 1. The van der Waals surface area contributed by atoms with Gasteiger partial charge in [0.1, 0.15) is 5.82 Å². The third-order valence-corrected chi connectivity index (χ3v) is 3.14. The highest BCUT2D eigenvalue weighted by Crippen LogP contribution is 2.20. The number of hydrogen-bond donors (Lipinski definition) is 1. The van der Waals surface area contributed by atoms with Crippen LogP contribution in [0.4, 0.5) is 10.1 Å². The Morgan fingerprint density at radius 3 is 2.63 bits per heavy atom. The number of unbranched alkanes of at least 4 members (excludes halogenated alkanes) is 2. The molecule has 0 heterocycles. The van der Waals surface area contributed by atoms with E-state index in [4.69, 9.17) is 5.11 Å². The average molecular weight is 267 g/mol. The van der Waals surface area contributed by atoms with Crippen molar-refractivity contribution in [2.24, 2.45) is 5.92 Å². The molecule has 0 aliphatic heterocycles. The van der Waals surface area contributed by atoms with Crippen molar-refractivity contribution in [1.82, 2.24) is 0 Å². The number of nitrogens with zero attached hydrogens (tertiary/aromatic N) is 1. The molecule has 0 aliphatic carbocycles. The highest BCUT2D eigenvalue weighted by molar-refractivity contribution is 5.70. The molecule has 0 fully saturated rings. The van der Waals surface area contributed by atoms with E-state index in [0.29, 0.717) is 18.8 Å². The van der Waals surface area contributed by atoms with E-state index in [1.54, 1.807) is 25.1 Å². The van der Waals surface area contributed by atoms with Crippen LogP contribution < -0.4 is 4.90 Å². The molecule has 0 amide bonds. The van der Waals surface area contributed by atoms with Crippen LogP contribution in [0.25, 0.3) is 0 Å². The van der Waals surface area contributed by atoms with E-state index in [9.17, 15) is 9.18 Å². The Morgan fingerprint density at radius 1 is 1.37 bits per heavy atom. The predicted molar refractivity (Wildman–Crippen MR) is 74.9 cm³/mol. The number of rotatable bonds is 8. The van der Waals surface area contributed by atoms with Crippen LogP contribution in [0, 0.1) is 11.7 Å². The van der Waals surface area contributed by atoms with Gasteiger partial charge in [-0.2, -0.15) is 0 Å². The van der Waals surface area contributed by atoms with Crippen LogP contribution >= 0.6 is 0 Å². The van der Waals surface area contributed by atoms with E-state index < -0.39 is 11.9 Å². The number of aliphatic carboxylic acids is 1. The molecule has 4 heteroatoms. The summed E-state index contributed by atoms with van der Waals surface area (Å²) in [6.45, 7) is 4.77. The second-order valence-electron chi connectivity index (χ2n) is 4.84.